The number of rotatable bonds is 6. The van der Waals surface area contributed by atoms with Crippen LogP contribution in [-0.2, 0) is 12.3 Å². The second-order valence-corrected chi connectivity index (χ2v) is 8.30. The number of hydrogen-bond acceptors (Lipinski definition) is 4. The van der Waals surface area contributed by atoms with Gasteiger partial charge in [-0.2, -0.15) is 0 Å². The number of methoxy groups -OCH3 is 1. The number of aryl methyl sites for hydroxylation is 2. The van der Waals surface area contributed by atoms with Gasteiger partial charge in [0.2, 0.25) is 0 Å². The number of thioether (sulfide) groups is 1. The highest BCUT2D eigenvalue weighted by Crippen LogP contribution is 2.24. The van der Waals surface area contributed by atoms with Crippen molar-refractivity contribution in [2.45, 2.75) is 31.3 Å². The van der Waals surface area contributed by atoms with Crippen LogP contribution in [0.5, 0.6) is 5.75 Å². The summed E-state index contributed by atoms with van der Waals surface area (Å²) >= 11 is 1.59. The van der Waals surface area contributed by atoms with E-state index in [4.69, 9.17) is 9.72 Å². The fraction of sp³-hybridized carbons (Fsp3) is 0.200. The summed E-state index contributed by atoms with van der Waals surface area (Å²) in [6.45, 7) is 4.68. The minimum atomic E-state index is -0.0222. The third-order valence-electron chi connectivity index (χ3n) is 5.24. The first-order valence-electron chi connectivity index (χ1n) is 9.86. The molecule has 0 atom stereocenters. The lowest BCUT2D eigenvalue weighted by Gasteiger charge is -2.14. The minimum absolute atomic E-state index is 0.0222. The lowest BCUT2D eigenvalue weighted by Crippen LogP contribution is -2.24. The molecular formula is C25H24N2O2S. The Labute approximate surface area is 180 Å². The highest BCUT2D eigenvalue weighted by atomic mass is 32.2. The summed E-state index contributed by atoms with van der Waals surface area (Å²) < 4.78 is 7.11. The van der Waals surface area contributed by atoms with E-state index < -0.39 is 0 Å². The van der Waals surface area contributed by atoms with Crippen LogP contribution in [0.2, 0.25) is 0 Å². The van der Waals surface area contributed by atoms with Crippen molar-refractivity contribution in [2.75, 3.05) is 7.11 Å². The zero-order valence-corrected chi connectivity index (χ0v) is 18.2. The van der Waals surface area contributed by atoms with Crippen LogP contribution in [0.25, 0.3) is 10.9 Å². The van der Waals surface area contributed by atoms with Crippen molar-refractivity contribution < 1.29 is 4.74 Å². The normalized spacial score (nSPS) is 11.0. The monoisotopic (exact) mass is 416 g/mol. The van der Waals surface area contributed by atoms with Crippen molar-refractivity contribution in [3.8, 4) is 5.75 Å². The molecule has 5 heteroatoms. The van der Waals surface area contributed by atoms with Crippen molar-refractivity contribution >= 4 is 22.7 Å². The molecule has 0 bridgehead atoms. The van der Waals surface area contributed by atoms with E-state index in [0.29, 0.717) is 11.9 Å². The minimum Gasteiger partial charge on any atom is -0.497 e. The smallest absolute Gasteiger partial charge is 0.262 e. The van der Waals surface area contributed by atoms with Crippen molar-refractivity contribution in [3.05, 3.63) is 99.3 Å². The highest BCUT2D eigenvalue weighted by Gasteiger charge is 2.13. The molecule has 152 valence electrons. The first-order chi connectivity index (χ1) is 14.5. The number of benzene rings is 3. The summed E-state index contributed by atoms with van der Waals surface area (Å²) in [5.74, 6) is 1.53. The van der Waals surface area contributed by atoms with Crippen molar-refractivity contribution in [3.63, 3.8) is 0 Å². The van der Waals surface area contributed by atoms with Crippen LogP contribution in [0.4, 0.5) is 0 Å². The lowest BCUT2D eigenvalue weighted by atomic mass is 10.1. The van der Waals surface area contributed by atoms with Crippen LogP contribution in [-0.4, -0.2) is 16.7 Å². The van der Waals surface area contributed by atoms with Gasteiger partial charge in [-0.3, -0.25) is 9.36 Å². The summed E-state index contributed by atoms with van der Waals surface area (Å²) in [6, 6.07) is 21.8. The van der Waals surface area contributed by atoms with Gasteiger partial charge in [0.25, 0.3) is 5.56 Å². The number of hydrogen-bond donors (Lipinski definition) is 0. The van der Waals surface area contributed by atoms with E-state index in [-0.39, 0.29) is 5.56 Å². The van der Waals surface area contributed by atoms with Crippen molar-refractivity contribution in [2.24, 2.45) is 0 Å². The standard InChI is InChI=1S/C25H24N2O2S/c1-17-11-12-20(13-18(17)2)16-30-25-26-23-10-5-4-9-22(23)24(28)27(25)15-19-7-6-8-21(14-19)29-3/h4-14H,15-16H2,1-3H3. The quantitative estimate of drug-likeness (QED) is 0.313. The molecule has 0 saturated carbocycles. The summed E-state index contributed by atoms with van der Waals surface area (Å²) in [5.41, 5.74) is 5.48. The molecule has 4 aromatic rings. The van der Waals surface area contributed by atoms with Gasteiger partial charge in [-0.25, -0.2) is 4.98 Å². The number of nitrogens with zero attached hydrogens (tertiary/aromatic N) is 2. The fourth-order valence-corrected chi connectivity index (χ4v) is 4.33. The van der Waals surface area contributed by atoms with Gasteiger partial charge in [0.1, 0.15) is 5.75 Å². The average molecular weight is 417 g/mol. The number of fused-ring (bicyclic) bond motifs is 1. The van der Waals surface area contributed by atoms with Crippen molar-refractivity contribution in [1.29, 1.82) is 0 Å². The van der Waals surface area contributed by atoms with Crippen molar-refractivity contribution in [1.82, 2.24) is 9.55 Å². The molecule has 0 aliphatic carbocycles. The molecule has 0 aliphatic heterocycles. The SMILES string of the molecule is COc1cccc(Cn2c(SCc3ccc(C)c(C)c3)nc3ccccc3c2=O)c1. The van der Waals surface area contributed by atoms with E-state index >= 15 is 0 Å². The molecule has 3 aromatic carbocycles. The molecule has 0 aliphatic rings. The van der Waals surface area contributed by atoms with Crippen LogP contribution in [0.1, 0.15) is 22.3 Å². The van der Waals surface area contributed by atoms with Crippen LogP contribution in [0.3, 0.4) is 0 Å². The Morgan fingerprint density at radius 2 is 1.77 bits per heavy atom. The molecule has 0 unspecified atom stereocenters. The van der Waals surface area contributed by atoms with Crippen LogP contribution in [0.15, 0.2) is 76.7 Å². The largest absolute Gasteiger partial charge is 0.497 e. The third-order valence-corrected chi connectivity index (χ3v) is 6.29. The van der Waals surface area contributed by atoms with Gasteiger partial charge in [0, 0.05) is 5.75 Å². The lowest BCUT2D eigenvalue weighted by molar-refractivity contribution is 0.414. The van der Waals surface area contributed by atoms with E-state index in [1.165, 1.54) is 16.7 Å². The van der Waals surface area contributed by atoms with E-state index in [1.807, 2.05) is 48.5 Å². The summed E-state index contributed by atoms with van der Waals surface area (Å²) in [5, 5.41) is 1.36. The first kappa shape index (κ1) is 20.2. The second-order valence-electron chi connectivity index (χ2n) is 7.36. The Morgan fingerprint density at radius 3 is 2.57 bits per heavy atom. The molecule has 0 spiro atoms. The molecule has 0 amide bonds. The Bertz CT molecular complexity index is 1260. The number of ether oxygens (including phenoxy) is 1. The fourth-order valence-electron chi connectivity index (χ4n) is 3.39. The third kappa shape index (κ3) is 4.26. The molecule has 4 rings (SSSR count). The predicted octanol–water partition coefficient (Wildman–Crippen LogP) is 5.36. The number of para-hydroxylation sites is 1. The van der Waals surface area contributed by atoms with E-state index in [0.717, 1.165) is 27.7 Å². The summed E-state index contributed by atoms with van der Waals surface area (Å²) in [6.07, 6.45) is 0. The summed E-state index contributed by atoms with van der Waals surface area (Å²) in [7, 11) is 1.65. The van der Waals surface area contributed by atoms with Gasteiger partial charge >= 0.3 is 0 Å². The molecular weight excluding hydrogens is 392 g/mol. The molecule has 0 radical (unpaired) electrons. The summed E-state index contributed by atoms with van der Waals surface area (Å²) in [4.78, 5) is 18.1. The molecule has 0 fully saturated rings. The van der Waals surface area contributed by atoms with E-state index in [1.54, 1.807) is 23.4 Å². The van der Waals surface area contributed by atoms with Gasteiger partial charge in [-0.15, -0.1) is 0 Å². The van der Waals surface area contributed by atoms with Gasteiger partial charge < -0.3 is 4.74 Å². The first-order valence-corrected chi connectivity index (χ1v) is 10.8. The average Bonchev–Trinajstić information content (AvgIpc) is 2.77. The molecule has 1 heterocycles. The van der Waals surface area contributed by atoms with Crippen LogP contribution < -0.4 is 10.3 Å². The number of aromatic nitrogens is 2. The highest BCUT2D eigenvalue weighted by molar-refractivity contribution is 7.98. The predicted molar refractivity (Wildman–Crippen MR) is 124 cm³/mol. The Morgan fingerprint density at radius 1 is 0.933 bits per heavy atom. The van der Waals surface area contributed by atoms with Crippen LogP contribution in [0, 0.1) is 13.8 Å². The van der Waals surface area contributed by atoms with E-state index in [2.05, 4.69) is 32.0 Å². The molecule has 1 aromatic heterocycles. The second kappa shape index (κ2) is 8.76. The topological polar surface area (TPSA) is 44.1 Å². The molecule has 4 nitrogen and oxygen atoms in total. The van der Waals surface area contributed by atoms with Gasteiger partial charge in [-0.05, 0) is 60.4 Å². The maximum atomic E-state index is 13.3. The molecule has 0 saturated heterocycles. The molecule has 0 N–H and O–H groups in total. The zero-order valence-electron chi connectivity index (χ0n) is 17.4. The van der Waals surface area contributed by atoms with Gasteiger partial charge in [0.15, 0.2) is 5.16 Å². The van der Waals surface area contributed by atoms with Gasteiger partial charge in [0.05, 0.1) is 24.6 Å². The van der Waals surface area contributed by atoms with Gasteiger partial charge in [-0.1, -0.05) is 54.2 Å². The maximum Gasteiger partial charge on any atom is 0.262 e. The van der Waals surface area contributed by atoms with E-state index in [9.17, 15) is 4.79 Å². The molecule has 30 heavy (non-hydrogen) atoms. The maximum absolute atomic E-state index is 13.3. The Hall–Kier alpha value is -3.05. The zero-order chi connectivity index (χ0) is 21.1. The Kier molecular flexibility index (Phi) is 5.91. The Balaban J connectivity index is 1.73. The van der Waals surface area contributed by atoms with Crippen LogP contribution >= 0.6 is 11.8 Å².